The maximum Gasteiger partial charge on any atom is 0.416 e. The molecule has 4 unspecified atom stereocenters. The number of alkyl halides is 3. The Morgan fingerprint density at radius 3 is 2.54 bits per heavy atom. The molecule has 11 nitrogen and oxygen atoms in total. The Labute approximate surface area is 232 Å². The van der Waals surface area contributed by atoms with Crippen LogP contribution >= 0.6 is 0 Å². The van der Waals surface area contributed by atoms with E-state index in [2.05, 4.69) is 10.3 Å². The molecule has 1 amide bonds. The number of nitrogens with one attached hydrogen (secondary N) is 1. The molecule has 2 N–H and O–H groups in total. The van der Waals surface area contributed by atoms with Crippen LogP contribution in [0.25, 0.3) is 0 Å². The summed E-state index contributed by atoms with van der Waals surface area (Å²) in [6.45, 7) is 3.66. The minimum atomic E-state index is -4.64. The maximum atomic E-state index is 13.3. The highest BCUT2D eigenvalue weighted by Gasteiger charge is 2.42. The molecule has 222 valence electrons. The number of ether oxygens (including phenoxy) is 4. The van der Waals surface area contributed by atoms with E-state index in [9.17, 15) is 37.5 Å². The highest BCUT2D eigenvalue weighted by atomic mass is 19.4. The second-order valence-electron chi connectivity index (χ2n) is 9.57. The molecule has 0 saturated carbocycles. The Balaban J connectivity index is 1.92. The number of halogens is 3. The topological polar surface area (TPSA) is 150 Å². The van der Waals surface area contributed by atoms with Crippen molar-refractivity contribution < 1.29 is 56.4 Å². The lowest BCUT2D eigenvalue weighted by Crippen LogP contribution is -2.47. The van der Waals surface area contributed by atoms with E-state index < -0.39 is 83.7 Å². The van der Waals surface area contributed by atoms with Crippen LogP contribution in [-0.2, 0) is 41.2 Å². The van der Waals surface area contributed by atoms with E-state index in [0.29, 0.717) is 0 Å². The molecule has 1 aromatic heterocycles. The molecule has 1 aliphatic rings. The fourth-order valence-corrected chi connectivity index (χ4v) is 4.00. The predicted octanol–water partition coefficient (Wildman–Crippen LogP) is 2.83. The number of methoxy groups -OCH3 is 1. The molecule has 1 fully saturated rings. The number of amides is 1. The molecule has 14 heteroatoms. The average Bonchev–Trinajstić information content (AvgIpc) is 2.94. The van der Waals surface area contributed by atoms with E-state index >= 15 is 0 Å². The van der Waals surface area contributed by atoms with Gasteiger partial charge in [-0.05, 0) is 25.0 Å². The van der Waals surface area contributed by atoms with E-state index in [4.69, 9.17) is 18.9 Å². The molecule has 1 saturated heterocycles. The Hall–Kier alpha value is -4.36. The SMILES string of the molecule is COc1ccnc(C(=O)NC2COC(=O)C(Cc3cccc(C(F)(F)F)c3)C(OC(=O)C(C)C)C(C)OC2=O)c1O. The first-order valence-corrected chi connectivity index (χ1v) is 12.5. The van der Waals surface area contributed by atoms with Crippen LogP contribution in [-0.4, -0.2) is 65.9 Å². The lowest BCUT2D eigenvalue weighted by molar-refractivity contribution is -0.176. The van der Waals surface area contributed by atoms with Gasteiger partial charge in [-0.15, -0.1) is 0 Å². The first-order valence-electron chi connectivity index (χ1n) is 12.5. The number of nitrogens with zero attached hydrogens (tertiary/aromatic N) is 1. The summed E-state index contributed by atoms with van der Waals surface area (Å²) < 4.78 is 61.0. The van der Waals surface area contributed by atoms with Gasteiger partial charge in [0.05, 0.1) is 18.6 Å². The van der Waals surface area contributed by atoms with Crippen LogP contribution in [0.1, 0.15) is 42.4 Å². The predicted molar refractivity (Wildman–Crippen MR) is 134 cm³/mol. The van der Waals surface area contributed by atoms with Gasteiger partial charge in [-0.3, -0.25) is 14.4 Å². The number of hydrogen-bond acceptors (Lipinski definition) is 10. The number of carbonyl (C=O) groups excluding carboxylic acids is 4. The molecule has 4 atom stereocenters. The Bertz CT molecular complexity index is 1300. The van der Waals surface area contributed by atoms with Gasteiger partial charge >= 0.3 is 24.1 Å². The Morgan fingerprint density at radius 1 is 1.20 bits per heavy atom. The van der Waals surface area contributed by atoms with Gasteiger partial charge in [-0.1, -0.05) is 32.0 Å². The van der Waals surface area contributed by atoms with Crippen molar-refractivity contribution in [3.63, 3.8) is 0 Å². The lowest BCUT2D eigenvalue weighted by Gasteiger charge is -2.29. The zero-order chi connectivity index (χ0) is 30.5. The molecule has 2 aromatic rings. The van der Waals surface area contributed by atoms with Gasteiger partial charge in [0.15, 0.2) is 29.3 Å². The number of hydrogen-bond donors (Lipinski definition) is 2. The van der Waals surface area contributed by atoms with Crippen LogP contribution < -0.4 is 10.1 Å². The lowest BCUT2D eigenvalue weighted by atomic mass is 9.90. The minimum Gasteiger partial charge on any atom is -0.503 e. The number of pyridine rings is 1. The van der Waals surface area contributed by atoms with Crippen LogP contribution in [0.4, 0.5) is 13.2 Å². The van der Waals surface area contributed by atoms with E-state index in [0.717, 1.165) is 12.1 Å². The Kier molecular flexibility index (Phi) is 9.79. The normalized spacial score (nSPS) is 21.6. The van der Waals surface area contributed by atoms with Crippen molar-refractivity contribution >= 4 is 23.8 Å². The minimum absolute atomic E-state index is 0.0607. The van der Waals surface area contributed by atoms with Gasteiger partial charge in [0, 0.05) is 12.3 Å². The second kappa shape index (κ2) is 12.9. The molecule has 3 rings (SSSR count). The van der Waals surface area contributed by atoms with Gasteiger partial charge in [0.1, 0.15) is 18.6 Å². The summed E-state index contributed by atoms with van der Waals surface area (Å²) in [6, 6.07) is 3.99. The van der Waals surface area contributed by atoms with Crippen LogP contribution in [0.3, 0.4) is 0 Å². The summed E-state index contributed by atoms with van der Waals surface area (Å²) in [4.78, 5) is 55.3. The maximum absolute atomic E-state index is 13.3. The van der Waals surface area contributed by atoms with Crippen LogP contribution in [0.2, 0.25) is 0 Å². The summed E-state index contributed by atoms with van der Waals surface area (Å²) in [5, 5.41) is 12.5. The van der Waals surface area contributed by atoms with Crippen molar-refractivity contribution in [3.05, 3.63) is 53.3 Å². The van der Waals surface area contributed by atoms with E-state index in [-0.39, 0.29) is 17.7 Å². The molecule has 0 bridgehead atoms. The fraction of sp³-hybridized carbons (Fsp3) is 0.444. The van der Waals surface area contributed by atoms with Crippen molar-refractivity contribution in [2.24, 2.45) is 11.8 Å². The monoisotopic (exact) mass is 582 g/mol. The second-order valence-corrected chi connectivity index (χ2v) is 9.57. The quantitative estimate of drug-likeness (QED) is 0.369. The number of cyclic esters (lactones) is 2. The third kappa shape index (κ3) is 7.64. The number of esters is 3. The molecule has 0 radical (unpaired) electrons. The fourth-order valence-electron chi connectivity index (χ4n) is 4.00. The molecule has 0 spiro atoms. The summed E-state index contributed by atoms with van der Waals surface area (Å²) >= 11 is 0. The summed E-state index contributed by atoms with van der Waals surface area (Å²) in [7, 11) is 1.26. The first-order chi connectivity index (χ1) is 19.2. The zero-order valence-corrected chi connectivity index (χ0v) is 22.6. The summed E-state index contributed by atoms with van der Waals surface area (Å²) in [5.41, 5.74) is -1.34. The summed E-state index contributed by atoms with van der Waals surface area (Å²) in [6.07, 6.45) is -6.52. The molecule has 1 aliphatic heterocycles. The van der Waals surface area contributed by atoms with Gasteiger partial charge in [-0.2, -0.15) is 13.2 Å². The number of aromatic nitrogens is 1. The first kappa shape index (κ1) is 31.2. The zero-order valence-electron chi connectivity index (χ0n) is 22.6. The van der Waals surface area contributed by atoms with Gasteiger partial charge in [0.2, 0.25) is 0 Å². The highest BCUT2D eigenvalue weighted by molar-refractivity contribution is 5.98. The third-order valence-corrected chi connectivity index (χ3v) is 6.20. The standard InChI is InChI=1S/C27H29F3N2O9/c1-13(2)24(35)41-22-14(3)40-26(37)18(32-23(34)20-21(33)19(38-4)8-9-31-20)12-39-25(36)17(22)11-15-6-5-7-16(10-15)27(28,29)30/h5-10,13-14,17-18,22,33H,11-12H2,1-4H3,(H,32,34). The molecule has 0 aliphatic carbocycles. The van der Waals surface area contributed by atoms with E-state index in [1.165, 1.54) is 52.3 Å². The van der Waals surface area contributed by atoms with E-state index in [1.807, 2.05) is 0 Å². The molecular weight excluding hydrogens is 553 g/mol. The average molecular weight is 583 g/mol. The molecule has 2 heterocycles. The Morgan fingerprint density at radius 2 is 1.90 bits per heavy atom. The van der Waals surface area contributed by atoms with Crippen molar-refractivity contribution in [2.45, 2.75) is 51.6 Å². The van der Waals surface area contributed by atoms with Crippen LogP contribution in [0.15, 0.2) is 36.5 Å². The number of rotatable bonds is 7. The van der Waals surface area contributed by atoms with Gasteiger partial charge in [0.25, 0.3) is 5.91 Å². The van der Waals surface area contributed by atoms with Gasteiger partial charge in [-0.25, -0.2) is 9.78 Å². The largest absolute Gasteiger partial charge is 0.503 e. The molecule has 1 aromatic carbocycles. The smallest absolute Gasteiger partial charge is 0.416 e. The number of benzene rings is 1. The van der Waals surface area contributed by atoms with Crippen LogP contribution in [0.5, 0.6) is 11.5 Å². The number of aromatic hydroxyl groups is 1. The van der Waals surface area contributed by atoms with Crippen molar-refractivity contribution in [1.29, 1.82) is 0 Å². The third-order valence-electron chi connectivity index (χ3n) is 6.20. The van der Waals surface area contributed by atoms with Gasteiger partial charge < -0.3 is 29.4 Å². The molecule has 41 heavy (non-hydrogen) atoms. The highest BCUT2D eigenvalue weighted by Crippen LogP contribution is 2.32. The molecular formula is C27H29F3N2O9. The van der Waals surface area contributed by atoms with Crippen molar-refractivity contribution in [2.75, 3.05) is 13.7 Å². The van der Waals surface area contributed by atoms with Crippen LogP contribution in [0, 0.1) is 11.8 Å². The summed E-state index contributed by atoms with van der Waals surface area (Å²) in [5.74, 6) is -6.51. The van der Waals surface area contributed by atoms with E-state index in [1.54, 1.807) is 0 Å². The van der Waals surface area contributed by atoms with Crippen molar-refractivity contribution in [3.8, 4) is 11.5 Å². The van der Waals surface area contributed by atoms with Crippen molar-refractivity contribution in [1.82, 2.24) is 10.3 Å². The number of carbonyl (C=O) groups is 4.